The highest BCUT2D eigenvalue weighted by Crippen LogP contribution is 2.63. The maximum atomic E-state index is 10.6. The molecule has 3 nitrogen and oxygen atoms in total. The van der Waals surface area contributed by atoms with Crippen LogP contribution in [0.25, 0.3) is 0 Å². The molecular weight excluding hydrogens is 343 g/mol. The van der Waals surface area contributed by atoms with Crippen LogP contribution in [0.3, 0.4) is 0 Å². The smallest absolute Gasteiger partial charge is 0.191 e. The van der Waals surface area contributed by atoms with E-state index in [2.05, 4.69) is 17.5 Å². The number of hydrogen-bond acceptors (Lipinski definition) is 6. The van der Waals surface area contributed by atoms with Crippen molar-refractivity contribution in [1.29, 1.82) is 0 Å². The highest BCUT2D eigenvalue weighted by Gasteiger charge is 2.42. The van der Waals surface area contributed by atoms with E-state index in [0.717, 1.165) is 19.3 Å². The predicted octanol–water partition coefficient (Wildman–Crippen LogP) is 5.97. The molecule has 0 fully saturated rings. The average Bonchev–Trinajstić information content (AvgIpc) is 2.93. The topological polar surface area (TPSA) is 38.7 Å². The lowest BCUT2D eigenvalue weighted by Crippen LogP contribution is -2.04. The monoisotopic (exact) mass is 369 g/mol. The van der Waals surface area contributed by atoms with Gasteiger partial charge in [-0.1, -0.05) is 33.8 Å². The molecule has 0 bridgehead atoms. The molecule has 0 amide bonds. The Morgan fingerprint density at radius 3 is 2.24 bits per heavy atom. The first-order valence-corrected chi connectivity index (χ1v) is 11.5. The zero-order chi connectivity index (χ0) is 15.7. The molecule has 122 valence electrons. The van der Waals surface area contributed by atoms with Crippen LogP contribution >= 0.6 is 43.4 Å². The zero-order valence-electron chi connectivity index (χ0n) is 13.2. The Hall–Kier alpha value is 0.710. The minimum Gasteiger partial charge on any atom is -0.191 e. The molecule has 1 N–H and O–H groups in total. The molecular formula is C14H26O3PS3+. The third-order valence-electron chi connectivity index (χ3n) is 2.40. The Balaban J connectivity index is 2.35. The van der Waals surface area contributed by atoms with Gasteiger partial charge in [0.2, 0.25) is 0 Å². The summed E-state index contributed by atoms with van der Waals surface area (Å²) < 4.78 is 11.2. The molecule has 7 heteroatoms. The van der Waals surface area contributed by atoms with Gasteiger partial charge in [0, 0.05) is 15.4 Å². The highest BCUT2D eigenvalue weighted by molar-refractivity contribution is 8.03. The summed E-state index contributed by atoms with van der Waals surface area (Å²) in [5.41, 5.74) is 0. The molecule has 0 unspecified atom stereocenters. The lowest BCUT2D eigenvalue weighted by Gasteiger charge is -2.16. The van der Waals surface area contributed by atoms with Crippen molar-refractivity contribution in [2.45, 2.75) is 57.5 Å². The van der Waals surface area contributed by atoms with Gasteiger partial charge in [-0.2, -0.15) is 4.89 Å². The standard InChI is InChI=1S/C14H26O3PS3/c1-12(2)20-16-18(15,17-21-13(3)4)10-6-5-8-14-9-7-11-19-14/h7,9,11-13,15H,5-6,8,10H2,1-4H3/q+1. The second kappa shape index (κ2) is 10.5. The molecule has 0 aliphatic carbocycles. The molecule has 0 atom stereocenters. The SMILES string of the molecule is CC(C)SO[P+](O)(CCCCc1cccs1)OSC(C)C. The fourth-order valence-corrected chi connectivity index (χ4v) is 6.21. The Kier molecular flexibility index (Phi) is 9.86. The maximum Gasteiger partial charge on any atom is 0.435 e. The van der Waals surface area contributed by atoms with Crippen molar-refractivity contribution >= 4 is 43.4 Å². The second-order valence-electron chi connectivity index (χ2n) is 5.34. The van der Waals surface area contributed by atoms with Crippen LogP contribution in [0.1, 0.15) is 45.4 Å². The van der Waals surface area contributed by atoms with Gasteiger partial charge in [-0.15, -0.1) is 19.3 Å². The second-order valence-corrected chi connectivity index (χ2v) is 11.6. The molecule has 0 radical (unpaired) electrons. The lowest BCUT2D eigenvalue weighted by molar-refractivity contribution is 0.387. The van der Waals surface area contributed by atoms with E-state index >= 15 is 0 Å². The summed E-state index contributed by atoms with van der Waals surface area (Å²) in [4.78, 5) is 12.0. The fourth-order valence-electron chi connectivity index (χ4n) is 1.46. The van der Waals surface area contributed by atoms with Gasteiger partial charge in [0.25, 0.3) is 0 Å². The van der Waals surface area contributed by atoms with Crippen molar-refractivity contribution in [3.8, 4) is 0 Å². The van der Waals surface area contributed by atoms with Crippen molar-refractivity contribution in [3.05, 3.63) is 22.4 Å². The molecule has 0 aromatic carbocycles. The van der Waals surface area contributed by atoms with E-state index in [1.165, 1.54) is 29.0 Å². The van der Waals surface area contributed by atoms with Crippen LogP contribution in [-0.4, -0.2) is 21.6 Å². The van der Waals surface area contributed by atoms with Gasteiger partial charge in [-0.3, -0.25) is 0 Å². The summed E-state index contributed by atoms with van der Waals surface area (Å²) in [6.07, 6.45) is 3.62. The Morgan fingerprint density at radius 1 is 1.14 bits per heavy atom. The van der Waals surface area contributed by atoms with Crippen LogP contribution in [-0.2, 0) is 14.4 Å². The largest absolute Gasteiger partial charge is 0.435 e. The summed E-state index contributed by atoms with van der Waals surface area (Å²) in [5, 5.41) is 2.73. The van der Waals surface area contributed by atoms with Crippen LogP contribution in [0.15, 0.2) is 17.5 Å². The van der Waals surface area contributed by atoms with E-state index in [9.17, 15) is 4.89 Å². The Labute approximate surface area is 142 Å². The third-order valence-corrected chi connectivity index (χ3v) is 7.54. The van der Waals surface area contributed by atoms with Gasteiger partial charge < -0.3 is 0 Å². The summed E-state index contributed by atoms with van der Waals surface area (Å²) in [6.45, 7) is 8.17. The van der Waals surface area contributed by atoms with Crippen LogP contribution in [0.2, 0.25) is 0 Å². The quantitative estimate of drug-likeness (QED) is 0.295. The highest BCUT2D eigenvalue weighted by atomic mass is 32.2. The maximum absolute atomic E-state index is 10.6. The van der Waals surface area contributed by atoms with E-state index in [-0.39, 0.29) is 0 Å². The molecule has 0 spiro atoms. The van der Waals surface area contributed by atoms with E-state index in [1.54, 1.807) is 11.3 Å². The third kappa shape index (κ3) is 9.44. The van der Waals surface area contributed by atoms with Gasteiger partial charge in [0.15, 0.2) is 0 Å². The fraction of sp³-hybridized carbons (Fsp3) is 0.714. The number of unbranched alkanes of at least 4 members (excludes halogenated alkanes) is 1. The van der Waals surface area contributed by atoms with Crippen molar-refractivity contribution < 1.29 is 12.8 Å². The van der Waals surface area contributed by atoms with Crippen LogP contribution in [0, 0.1) is 0 Å². The summed E-state index contributed by atoms with van der Waals surface area (Å²) in [7, 11) is -2.75. The minimum atomic E-state index is -2.75. The molecule has 0 aliphatic rings. The van der Waals surface area contributed by atoms with Gasteiger partial charge in [-0.05, 0) is 30.7 Å². The van der Waals surface area contributed by atoms with Gasteiger partial charge in [0.05, 0.1) is 24.1 Å². The molecule has 1 aromatic heterocycles. The molecule has 0 aliphatic heterocycles. The molecule has 0 saturated carbocycles. The van der Waals surface area contributed by atoms with Crippen LogP contribution in [0.4, 0.5) is 0 Å². The summed E-state index contributed by atoms with van der Waals surface area (Å²) in [5.74, 6) is 0. The van der Waals surface area contributed by atoms with E-state index in [4.69, 9.17) is 7.94 Å². The van der Waals surface area contributed by atoms with Gasteiger partial charge in [0.1, 0.15) is 6.16 Å². The van der Waals surface area contributed by atoms with E-state index in [0.29, 0.717) is 16.7 Å². The minimum absolute atomic E-state index is 0.315. The van der Waals surface area contributed by atoms with Gasteiger partial charge >= 0.3 is 7.94 Å². The number of aryl methyl sites for hydroxylation is 1. The molecule has 1 heterocycles. The van der Waals surface area contributed by atoms with E-state index < -0.39 is 7.94 Å². The summed E-state index contributed by atoms with van der Waals surface area (Å²) >= 11 is 4.40. The molecule has 0 saturated heterocycles. The Morgan fingerprint density at radius 2 is 1.76 bits per heavy atom. The first-order valence-electron chi connectivity index (χ1n) is 7.24. The molecule has 21 heavy (non-hydrogen) atoms. The van der Waals surface area contributed by atoms with E-state index in [1.807, 2.05) is 27.7 Å². The lowest BCUT2D eigenvalue weighted by atomic mass is 10.2. The van der Waals surface area contributed by atoms with Crippen molar-refractivity contribution in [2.24, 2.45) is 0 Å². The number of thiophene rings is 1. The van der Waals surface area contributed by atoms with Crippen molar-refractivity contribution in [2.75, 3.05) is 6.16 Å². The normalized spacial score (nSPS) is 12.5. The first-order chi connectivity index (χ1) is 9.91. The zero-order valence-corrected chi connectivity index (χ0v) is 16.5. The van der Waals surface area contributed by atoms with Crippen molar-refractivity contribution in [1.82, 2.24) is 0 Å². The van der Waals surface area contributed by atoms with Crippen LogP contribution < -0.4 is 0 Å². The molecule has 1 aromatic rings. The Bertz CT molecular complexity index is 360. The predicted molar refractivity (Wildman–Crippen MR) is 98.9 cm³/mol. The van der Waals surface area contributed by atoms with Crippen molar-refractivity contribution in [3.63, 3.8) is 0 Å². The average molecular weight is 370 g/mol. The first kappa shape index (κ1) is 19.8. The summed E-state index contributed by atoms with van der Waals surface area (Å²) in [6, 6.07) is 4.23. The number of rotatable bonds is 11. The number of hydrogen-bond donors (Lipinski definition) is 1. The van der Waals surface area contributed by atoms with Crippen LogP contribution in [0.5, 0.6) is 0 Å². The molecule has 1 rings (SSSR count). The van der Waals surface area contributed by atoms with Gasteiger partial charge in [-0.25, -0.2) is 0 Å².